The average Bonchev–Trinajstić information content (AvgIpc) is 2.10. The lowest BCUT2D eigenvalue weighted by Gasteiger charge is -2.48. The Kier molecular flexibility index (Phi) is 3.29. The van der Waals surface area contributed by atoms with Gasteiger partial charge >= 0.3 is 0 Å². The first-order valence-corrected chi connectivity index (χ1v) is 6.60. The summed E-state index contributed by atoms with van der Waals surface area (Å²) in [4.78, 5) is 0. The van der Waals surface area contributed by atoms with E-state index in [0.717, 1.165) is 5.70 Å². The van der Waals surface area contributed by atoms with E-state index in [-0.39, 0.29) is 16.2 Å². The highest BCUT2D eigenvalue weighted by molar-refractivity contribution is 5.37. The van der Waals surface area contributed by atoms with Crippen molar-refractivity contribution in [2.24, 2.45) is 27.9 Å². The number of hydrogen-bond acceptors (Lipinski definition) is 1. The molecule has 98 valence electrons. The first-order valence-electron chi connectivity index (χ1n) is 6.60. The van der Waals surface area contributed by atoms with Crippen LogP contribution in [0.3, 0.4) is 0 Å². The SMILES string of the molecule is CC1C(N)=CC(C(C)(C)C)=CC1(C)C(C)(C)C. The van der Waals surface area contributed by atoms with Crippen molar-refractivity contribution < 1.29 is 0 Å². The molecule has 1 aliphatic rings. The lowest BCUT2D eigenvalue weighted by atomic mass is 9.57. The van der Waals surface area contributed by atoms with Gasteiger partial charge in [-0.05, 0) is 27.9 Å². The first kappa shape index (κ1) is 14.3. The molecule has 2 N–H and O–H groups in total. The number of rotatable bonds is 0. The highest BCUT2D eigenvalue weighted by Gasteiger charge is 2.44. The Morgan fingerprint density at radius 1 is 1.12 bits per heavy atom. The summed E-state index contributed by atoms with van der Waals surface area (Å²) >= 11 is 0. The molecule has 1 nitrogen and oxygen atoms in total. The summed E-state index contributed by atoms with van der Waals surface area (Å²) in [7, 11) is 0. The van der Waals surface area contributed by atoms with Gasteiger partial charge in [-0.25, -0.2) is 0 Å². The van der Waals surface area contributed by atoms with E-state index < -0.39 is 0 Å². The Labute approximate surface area is 107 Å². The van der Waals surface area contributed by atoms with Gasteiger partial charge in [-0.3, -0.25) is 0 Å². The van der Waals surface area contributed by atoms with Gasteiger partial charge in [0.2, 0.25) is 0 Å². The van der Waals surface area contributed by atoms with E-state index >= 15 is 0 Å². The van der Waals surface area contributed by atoms with Crippen molar-refractivity contribution in [1.29, 1.82) is 0 Å². The predicted molar refractivity (Wildman–Crippen MR) is 76.5 cm³/mol. The van der Waals surface area contributed by atoms with Crippen LogP contribution in [-0.2, 0) is 0 Å². The van der Waals surface area contributed by atoms with Gasteiger partial charge in [-0.15, -0.1) is 0 Å². The molecule has 0 saturated heterocycles. The fourth-order valence-corrected chi connectivity index (χ4v) is 2.44. The molecule has 0 amide bonds. The maximum Gasteiger partial charge on any atom is 0.0121 e. The molecule has 0 bridgehead atoms. The quantitative estimate of drug-likeness (QED) is 0.657. The van der Waals surface area contributed by atoms with Crippen molar-refractivity contribution in [3.8, 4) is 0 Å². The van der Waals surface area contributed by atoms with E-state index in [1.807, 2.05) is 0 Å². The van der Waals surface area contributed by atoms with Crippen LogP contribution in [0.1, 0.15) is 55.4 Å². The summed E-state index contributed by atoms with van der Waals surface area (Å²) in [5.74, 6) is 0.397. The monoisotopic (exact) mass is 235 g/mol. The number of allylic oxidation sites excluding steroid dienone is 4. The van der Waals surface area contributed by atoms with E-state index in [1.165, 1.54) is 5.57 Å². The molecule has 0 aliphatic heterocycles. The van der Waals surface area contributed by atoms with Crippen LogP contribution in [0.5, 0.6) is 0 Å². The minimum Gasteiger partial charge on any atom is -0.402 e. The Hall–Kier alpha value is -0.720. The smallest absolute Gasteiger partial charge is 0.0121 e. The van der Waals surface area contributed by atoms with E-state index in [4.69, 9.17) is 5.73 Å². The molecule has 1 aliphatic carbocycles. The van der Waals surface area contributed by atoms with E-state index in [2.05, 4.69) is 67.5 Å². The Morgan fingerprint density at radius 3 is 1.94 bits per heavy atom. The summed E-state index contributed by atoms with van der Waals surface area (Å²) in [6.45, 7) is 18.2. The zero-order valence-electron chi connectivity index (χ0n) is 12.8. The van der Waals surface area contributed by atoms with Crippen LogP contribution in [0.2, 0.25) is 0 Å². The molecule has 17 heavy (non-hydrogen) atoms. The lowest BCUT2D eigenvalue weighted by molar-refractivity contribution is 0.111. The van der Waals surface area contributed by atoms with Crippen LogP contribution in [0.15, 0.2) is 23.4 Å². The first-order chi connectivity index (χ1) is 7.39. The molecule has 0 aromatic carbocycles. The van der Waals surface area contributed by atoms with E-state index in [9.17, 15) is 0 Å². The second-order valence-electron chi connectivity index (χ2n) is 7.75. The third-order valence-electron chi connectivity index (χ3n) is 4.66. The summed E-state index contributed by atoms with van der Waals surface area (Å²) in [5.41, 5.74) is 9.14. The Balaban J connectivity index is 3.35. The van der Waals surface area contributed by atoms with Gasteiger partial charge in [0.05, 0.1) is 0 Å². The average molecular weight is 235 g/mol. The van der Waals surface area contributed by atoms with Gasteiger partial charge in [0.1, 0.15) is 0 Å². The number of hydrogen-bond donors (Lipinski definition) is 1. The fraction of sp³-hybridized carbons (Fsp3) is 0.750. The molecule has 0 fully saturated rings. The second kappa shape index (κ2) is 3.90. The molecular weight excluding hydrogens is 206 g/mol. The van der Waals surface area contributed by atoms with Crippen LogP contribution in [0.25, 0.3) is 0 Å². The van der Waals surface area contributed by atoms with Crippen LogP contribution in [0.4, 0.5) is 0 Å². The van der Waals surface area contributed by atoms with E-state index in [0.29, 0.717) is 5.92 Å². The standard InChI is InChI=1S/C16H29N/c1-11-13(17)9-12(14(2,3)4)10-16(11,8)15(5,6)7/h9-11H,17H2,1-8H3. The zero-order valence-corrected chi connectivity index (χ0v) is 12.8. The molecule has 0 spiro atoms. The largest absolute Gasteiger partial charge is 0.402 e. The third kappa shape index (κ3) is 2.43. The van der Waals surface area contributed by atoms with Crippen molar-refractivity contribution in [2.75, 3.05) is 0 Å². The van der Waals surface area contributed by atoms with Gasteiger partial charge < -0.3 is 5.73 Å². The summed E-state index contributed by atoms with van der Waals surface area (Å²) in [5, 5.41) is 0. The van der Waals surface area contributed by atoms with Crippen molar-refractivity contribution >= 4 is 0 Å². The summed E-state index contributed by atoms with van der Waals surface area (Å²) in [6, 6.07) is 0. The van der Waals surface area contributed by atoms with Gasteiger partial charge in [0.25, 0.3) is 0 Å². The van der Waals surface area contributed by atoms with Crippen LogP contribution >= 0.6 is 0 Å². The van der Waals surface area contributed by atoms with Crippen molar-refractivity contribution in [3.63, 3.8) is 0 Å². The minimum absolute atomic E-state index is 0.119. The zero-order chi connectivity index (χ0) is 13.6. The highest BCUT2D eigenvalue weighted by Crippen LogP contribution is 2.51. The summed E-state index contributed by atoms with van der Waals surface area (Å²) in [6.07, 6.45) is 4.63. The van der Waals surface area contributed by atoms with Crippen molar-refractivity contribution in [3.05, 3.63) is 23.4 Å². The molecule has 1 heteroatoms. The Bertz CT molecular complexity index is 360. The third-order valence-corrected chi connectivity index (χ3v) is 4.66. The van der Waals surface area contributed by atoms with Crippen LogP contribution in [0, 0.1) is 22.2 Å². The van der Waals surface area contributed by atoms with E-state index in [1.54, 1.807) is 0 Å². The molecule has 0 saturated carbocycles. The molecule has 0 radical (unpaired) electrons. The lowest BCUT2D eigenvalue weighted by Crippen LogP contribution is -2.42. The van der Waals surface area contributed by atoms with Gasteiger partial charge in [0, 0.05) is 11.6 Å². The van der Waals surface area contributed by atoms with Crippen molar-refractivity contribution in [1.82, 2.24) is 0 Å². The van der Waals surface area contributed by atoms with Gasteiger partial charge in [-0.2, -0.15) is 0 Å². The second-order valence-corrected chi connectivity index (χ2v) is 7.75. The molecule has 0 aromatic rings. The fourth-order valence-electron chi connectivity index (χ4n) is 2.44. The molecule has 0 aromatic heterocycles. The number of nitrogens with two attached hydrogens (primary N) is 1. The van der Waals surface area contributed by atoms with Gasteiger partial charge in [-0.1, -0.05) is 61.5 Å². The molecular formula is C16H29N. The predicted octanol–water partition coefficient (Wildman–Crippen LogP) is 4.50. The molecule has 2 atom stereocenters. The summed E-state index contributed by atoms with van der Waals surface area (Å²) < 4.78 is 0. The van der Waals surface area contributed by atoms with Gasteiger partial charge in [0.15, 0.2) is 0 Å². The molecule has 2 unspecified atom stereocenters. The topological polar surface area (TPSA) is 26.0 Å². The Morgan fingerprint density at radius 2 is 1.59 bits per heavy atom. The maximum absolute atomic E-state index is 6.26. The molecule has 1 rings (SSSR count). The molecule has 0 heterocycles. The van der Waals surface area contributed by atoms with Crippen LogP contribution < -0.4 is 5.73 Å². The highest BCUT2D eigenvalue weighted by atomic mass is 14.6. The normalized spacial score (nSPS) is 30.9. The maximum atomic E-state index is 6.26. The van der Waals surface area contributed by atoms with Crippen LogP contribution in [-0.4, -0.2) is 0 Å². The minimum atomic E-state index is 0.119. The van der Waals surface area contributed by atoms with Crippen molar-refractivity contribution in [2.45, 2.75) is 55.4 Å².